The van der Waals surface area contributed by atoms with Crippen LogP contribution in [0.2, 0.25) is 0 Å². The second-order valence-electron chi connectivity index (χ2n) is 5.11. The Bertz CT molecular complexity index is 832. The van der Waals surface area contributed by atoms with Crippen LogP contribution in [-0.4, -0.2) is 8.42 Å². The lowest BCUT2D eigenvalue weighted by atomic mass is 10.1. The molecule has 0 saturated heterocycles. The Morgan fingerprint density at radius 3 is 2.67 bits per heavy atom. The van der Waals surface area contributed by atoms with Gasteiger partial charge < -0.3 is 0 Å². The van der Waals surface area contributed by atoms with Gasteiger partial charge in [0.05, 0.1) is 10.6 Å². The Hall–Kier alpha value is -2.25. The van der Waals surface area contributed by atoms with Crippen molar-refractivity contribution in [2.75, 3.05) is 4.72 Å². The van der Waals surface area contributed by atoms with E-state index in [9.17, 15) is 8.42 Å². The third-order valence-corrected chi connectivity index (χ3v) is 5.04. The predicted molar refractivity (Wildman–Crippen MR) is 83.7 cm³/mol. The van der Waals surface area contributed by atoms with Gasteiger partial charge in [-0.25, -0.2) is 8.42 Å². The van der Waals surface area contributed by atoms with Gasteiger partial charge in [-0.1, -0.05) is 18.1 Å². The van der Waals surface area contributed by atoms with Gasteiger partial charge >= 0.3 is 0 Å². The van der Waals surface area contributed by atoms with E-state index in [1.807, 2.05) is 6.07 Å². The SMILES string of the molecule is C#Cc1cccc(NS(=O)(=O)c2ccc3c(c2)CCC3)c1. The minimum absolute atomic E-state index is 0.300. The molecule has 0 heterocycles. The number of sulfonamides is 1. The highest BCUT2D eigenvalue weighted by Gasteiger charge is 2.18. The van der Waals surface area contributed by atoms with Crippen molar-refractivity contribution in [2.45, 2.75) is 24.2 Å². The summed E-state index contributed by atoms with van der Waals surface area (Å²) >= 11 is 0. The molecule has 0 spiro atoms. The van der Waals surface area contributed by atoms with Crippen molar-refractivity contribution in [2.24, 2.45) is 0 Å². The standard InChI is InChI=1S/C17H15NO2S/c1-2-13-5-3-8-16(11-13)18-21(19,20)17-10-9-14-6-4-7-15(14)12-17/h1,3,5,8-12,18H,4,6-7H2. The first-order chi connectivity index (χ1) is 10.1. The van der Waals surface area contributed by atoms with E-state index < -0.39 is 10.0 Å². The van der Waals surface area contributed by atoms with Gasteiger partial charge in [-0.05, 0) is 60.7 Å². The molecule has 1 N–H and O–H groups in total. The van der Waals surface area contributed by atoms with E-state index in [0.717, 1.165) is 24.8 Å². The van der Waals surface area contributed by atoms with E-state index in [2.05, 4.69) is 10.6 Å². The Kier molecular flexibility index (Phi) is 3.44. The molecular formula is C17H15NO2S. The molecule has 0 radical (unpaired) electrons. The molecule has 0 amide bonds. The van der Waals surface area contributed by atoms with Crippen LogP contribution in [0.25, 0.3) is 0 Å². The first-order valence-electron chi connectivity index (χ1n) is 6.80. The second kappa shape index (κ2) is 5.27. The maximum absolute atomic E-state index is 12.4. The molecule has 0 atom stereocenters. The van der Waals surface area contributed by atoms with Crippen molar-refractivity contribution in [3.8, 4) is 12.3 Å². The van der Waals surface area contributed by atoms with Crippen molar-refractivity contribution < 1.29 is 8.42 Å². The molecule has 3 nitrogen and oxygen atoms in total. The molecule has 0 bridgehead atoms. The minimum atomic E-state index is -3.58. The van der Waals surface area contributed by atoms with Gasteiger partial charge in [0.15, 0.2) is 0 Å². The highest BCUT2D eigenvalue weighted by Crippen LogP contribution is 2.25. The summed E-state index contributed by atoms with van der Waals surface area (Å²) < 4.78 is 27.5. The Labute approximate surface area is 125 Å². The summed E-state index contributed by atoms with van der Waals surface area (Å²) in [5, 5.41) is 0. The van der Waals surface area contributed by atoms with E-state index in [1.54, 1.807) is 36.4 Å². The van der Waals surface area contributed by atoms with Crippen molar-refractivity contribution in [3.05, 3.63) is 59.2 Å². The van der Waals surface area contributed by atoms with Crippen molar-refractivity contribution in [1.82, 2.24) is 0 Å². The zero-order chi connectivity index (χ0) is 14.9. The highest BCUT2D eigenvalue weighted by molar-refractivity contribution is 7.92. The Balaban J connectivity index is 1.92. The summed E-state index contributed by atoms with van der Waals surface area (Å²) in [5.41, 5.74) is 3.51. The summed E-state index contributed by atoms with van der Waals surface area (Å²) in [6, 6.07) is 12.2. The summed E-state index contributed by atoms with van der Waals surface area (Å²) in [6.45, 7) is 0. The van der Waals surface area contributed by atoms with Gasteiger partial charge in [-0.3, -0.25) is 4.72 Å². The number of terminal acetylenes is 1. The van der Waals surface area contributed by atoms with Crippen LogP contribution >= 0.6 is 0 Å². The average molecular weight is 297 g/mol. The van der Waals surface area contributed by atoms with Crippen LogP contribution in [0, 0.1) is 12.3 Å². The van der Waals surface area contributed by atoms with Gasteiger partial charge in [-0.2, -0.15) is 0 Å². The fourth-order valence-corrected chi connectivity index (χ4v) is 3.70. The quantitative estimate of drug-likeness (QED) is 0.885. The summed E-state index contributed by atoms with van der Waals surface area (Å²) in [6.07, 6.45) is 8.41. The highest BCUT2D eigenvalue weighted by atomic mass is 32.2. The summed E-state index contributed by atoms with van der Waals surface area (Å²) in [5.74, 6) is 2.49. The third-order valence-electron chi connectivity index (χ3n) is 3.66. The van der Waals surface area contributed by atoms with Gasteiger partial charge in [0.25, 0.3) is 10.0 Å². The number of hydrogen-bond acceptors (Lipinski definition) is 2. The number of aryl methyl sites for hydroxylation is 2. The maximum Gasteiger partial charge on any atom is 0.261 e. The normalized spacial score (nSPS) is 13.5. The molecule has 3 rings (SSSR count). The molecular weight excluding hydrogens is 282 g/mol. The smallest absolute Gasteiger partial charge is 0.261 e. The molecule has 2 aromatic rings. The Morgan fingerprint density at radius 1 is 1.05 bits per heavy atom. The van der Waals surface area contributed by atoms with Crippen LogP contribution in [-0.2, 0) is 22.9 Å². The fourth-order valence-electron chi connectivity index (χ4n) is 2.60. The van der Waals surface area contributed by atoms with Crippen LogP contribution in [0.15, 0.2) is 47.4 Å². The number of fused-ring (bicyclic) bond motifs is 1. The van der Waals surface area contributed by atoms with E-state index in [-0.39, 0.29) is 0 Å². The molecule has 1 aliphatic carbocycles. The van der Waals surface area contributed by atoms with E-state index in [0.29, 0.717) is 16.1 Å². The van der Waals surface area contributed by atoms with Crippen LogP contribution in [0.1, 0.15) is 23.1 Å². The summed E-state index contributed by atoms with van der Waals surface area (Å²) in [4.78, 5) is 0.300. The number of hydrogen-bond donors (Lipinski definition) is 1. The lowest BCUT2D eigenvalue weighted by Gasteiger charge is -2.10. The molecule has 0 saturated carbocycles. The van der Waals surface area contributed by atoms with Gasteiger partial charge in [0, 0.05) is 5.56 Å². The molecule has 106 valence electrons. The van der Waals surface area contributed by atoms with E-state index in [4.69, 9.17) is 6.42 Å². The van der Waals surface area contributed by atoms with Crippen LogP contribution in [0.5, 0.6) is 0 Å². The minimum Gasteiger partial charge on any atom is -0.280 e. The third kappa shape index (κ3) is 2.79. The lowest BCUT2D eigenvalue weighted by molar-refractivity contribution is 0.601. The molecule has 0 aromatic heterocycles. The van der Waals surface area contributed by atoms with Crippen molar-refractivity contribution >= 4 is 15.7 Å². The van der Waals surface area contributed by atoms with Crippen LogP contribution < -0.4 is 4.72 Å². The average Bonchev–Trinajstić information content (AvgIpc) is 2.94. The zero-order valence-electron chi connectivity index (χ0n) is 11.5. The van der Waals surface area contributed by atoms with Crippen LogP contribution in [0.4, 0.5) is 5.69 Å². The predicted octanol–water partition coefficient (Wildman–Crippen LogP) is 2.96. The maximum atomic E-state index is 12.4. The molecule has 0 unspecified atom stereocenters. The van der Waals surface area contributed by atoms with Gasteiger partial charge in [0.2, 0.25) is 0 Å². The summed E-state index contributed by atoms with van der Waals surface area (Å²) in [7, 11) is -3.58. The topological polar surface area (TPSA) is 46.2 Å². The van der Waals surface area contributed by atoms with E-state index >= 15 is 0 Å². The molecule has 2 aromatic carbocycles. The molecule has 1 aliphatic rings. The van der Waals surface area contributed by atoms with E-state index in [1.165, 1.54) is 5.56 Å². The van der Waals surface area contributed by atoms with Crippen molar-refractivity contribution in [3.63, 3.8) is 0 Å². The zero-order valence-corrected chi connectivity index (χ0v) is 12.3. The fraction of sp³-hybridized carbons (Fsp3) is 0.176. The molecule has 0 aliphatic heterocycles. The molecule has 0 fully saturated rings. The second-order valence-corrected chi connectivity index (χ2v) is 6.80. The molecule has 21 heavy (non-hydrogen) atoms. The largest absolute Gasteiger partial charge is 0.280 e. The molecule has 4 heteroatoms. The van der Waals surface area contributed by atoms with Gasteiger partial charge in [-0.15, -0.1) is 6.42 Å². The first kappa shape index (κ1) is 13.7. The monoisotopic (exact) mass is 297 g/mol. The number of benzene rings is 2. The first-order valence-corrected chi connectivity index (χ1v) is 8.28. The number of anilines is 1. The number of nitrogens with one attached hydrogen (secondary N) is 1. The lowest BCUT2D eigenvalue weighted by Crippen LogP contribution is -2.13. The van der Waals surface area contributed by atoms with Gasteiger partial charge in [0.1, 0.15) is 0 Å². The van der Waals surface area contributed by atoms with Crippen molar-refractivity contribution in [1.29, 1.82) is 0 Å². The number of rotatable bonds is 3. The Morgan fingerprint density at radius 2 is 1.86 bits per heavy atom. The van der Waals surface area contributed by atoms with Crippen LogP contribution in [0.3, 0.4) is 0 Å².